The van der Waals surface area contributed by atoms with Gasteiger partial charge in [-0.15, -0.1) is 24.0 Å². The summed E-state index contributed by atoms with van der Waals surface area (Å²) in [6, 6.07) is 1.21. The van der Waals surface area contributed by atoms with E-state index in [1.807, 2.05) is 14.1 Å². The van der Waals surface area contributed by atoms with E-state index >= 15 is 0 Å². The van der Waals surface area contributed by atoms with Crippen LogP contribution < -0.4 is 10.6 Å². The van der Waals surface area contributed by atoms with E-state index in [0.29, 0.717) is 12.1 Å². The molecule has 1 atom stereocenters. The molecule has 1 unspecified atom stereocenters. The van der Waals surface area contributed by atoms with Gasteiger partial charge in [0.1, 0.15) is 0 Å². The standard InChI is InChI=1S/C21H42N6O.HI/c1-6-22-21(24-18-10-15-26(16-11-18)17(2)3)23-12-8-14-27-13-7-9-19(27)20(28)25(4)5;/h17-19H,6-16H2,1-5H3,(H2,22,23,24);1H. The maximum Gasteiger partial charge on any atom is 0.239 e. The fourth-order valence-corrected chi connectivity index (χ4v) is 4.21. The number of nitrogens with one attached hydrogen (secondary N) is 2. The Morgan fingerprint density at radius 1 is 1.17 bits per heavy atom. The van der Waals surface area contributed by atoms with E-state index in [0.717, 1.165) is 64.5 Å². The average molecular weight is 523 g/mol. The molecule has 2 N–H and O–H groups in total. The smallest absolute Gasteiger partial charge is 0.239 e. The molecule has 7 nitrogen and oxygen atoms in total. The molecule has 2 rings (SSSR count). The van der Waals surface area contributed by atoms with Crippen LogP contribution in [0.4, 0.5) is 0 Å². The zero-order chi connectivity index (χ0) is 20.5. The number of hydrogen-bond acceptors (Lipinski definition) is 4. The average Bonchev–Trinajstić information content (AvgIpc) is 3.13. The zero-order valence-electron chi connectivity index (χ0n) is 19.1. The minimum absolute atomic E-state index is 0. The van der Waals surface area contributed by atoms with Crippen molar-refractivity contribution in [1.29, 1.82) is 0 Å². The number of piperidine rings is 1. The van der Waals surface area contributed by atoms with Crippen molar-refractivity contribution in [3.05, 3.63) is 0 Å². The summed E-state index contributed by atoms with van der Waals surface area (Å²) in [5, 5.41) is 7.01. The van der Waals surface area contributed by atoms with E-state index < -0.39 is 0 Å². The third-order valence-corrected chi connectivity index (χ3v) is 5.91. The number of nitrogens with zero attached hydrogens (tertiary/aromatic N) is 4. The molecule has 2 heterocycles. The molecule has 0 aromatic rings. The number of likely N-dealkylation sites (N-methyl/N-ethyl adjacent to an activating group) is 1. The fraction of sp³-hybridized carbons (Fsp3) is 0.905. The molecular formula is C21H43IN6O. The number of amides is 1. The maximum absolute atomic E-state index is 12.3. The van der Waals surface area contributed by atoms with Gasteiger partial charge in [-0.2, -0.15) is 0 Å². The van der Waals surface area contributed by atoms with Crippen molar-refractivity contribution in [3.63, 3.8) is 0 Å². The van der Waals surface area contributed by atoms with Gasteiger partial charge < -0.3 is 20.4 Å². The minimum Gasteiger partial charge on any atom is -0.357 e. The third kappa shape index (κ3) is 8.57. The lowest BCUT2D eigenvalue weighted by Gasteiger charge is -2.35. The van der Waals surface area contributed by atoms with Crippen LogP contribution in [-0.2, 0) is 4.79 Å². The summed E-state index contributed by atoms with van der Waals surface area (Å²) in [4.78, 5) is 23.7. The van der Waals surface area contributed by atoms with Gasteiger partial charge in [-0.05, 0) is 59.4 Å². The van der Waals surface area contributed by atoms with Crippen molar-refractivity contribution in [2.45, 2.75) is 71.0 Å². The molecule has 0 aliphatic carbocycles. The summed E-state index contributed by atoms with van der Waals surface area (Å²) in [7, 11) is 3.70. The number of carbonyl (C=O) groups excluding carboxylic acids is 1. The molecule has 0 spiro atoms. The van der Waals surface area contributed by atoms with Gasteiger partial charge in [0.2, 0.25) is 5.91 Å². The molecule has 0 aromatic heterocycles. The van der Waals surface area contributed by atoms with E-state index in [4.69, 9.17) is 4.99 Å². The Morgan fingerprint density at radius 2 is 1.86 bits per heavy atom. The topological polar surface area (TPSA) is 63.2 Å². The Labute approximate surface area is 195 Å². The van der Waals surface area contributed by atoms with Crippen LogP contribution in [0.5, 0.6) is 0 Å². The highest BCUT2D eigenvalue weighted by Crippen LogP contribution is 2.19. The Bertz CT molecular complexity index is 505. The van der Waals surface area contributed by atoms with Crippen molar-refractivity contribution in [1.82, 2.24) is 25.3 Å². The molecule has 2 aliphatic rings. The van der Waals surface area contributed by atoms with Crippen molar-refractivity contribution in [2.75, 3.05) is 53.4 Å². The number of likely N-dealkylation sites (tertiary alicyclic amines) is 2. The van der Waals surface area contributed by atoms with Gasteiger partial charge in [0.15, 0.2) is 5.96 Å². The number of halogens is 1. The predicted molar refractivity (Wildman–Crippen MR) is 132 cm³/mol. The summed E-state index contributed by atoms with van der Waals surface area (Å²) in [5.41, 5.74) is 0. The SMILES string of the molecule is CCNC(=NCCCN1CCCC1C(=O)N(C)C)NC1CCN(C(C)C)CC1.I. The largest absolute Gasteiger partial charge is 0.357 e. The van der Waals surface area contributed by atoms with E-state index in [2.05, 4.69) is 41.2 Å². The highest BCUT2D eigenvalue weighted by atomic mass is 127. The Hall–Kier alpha value is -0.610. The second kappa shape index (κ2) is 13.6. The first-order valence-electron chi connectivity index (χ1n) is 11.2. The molecule has 170 valence electrons. The van der Waals surface area contributed by atoms with Crippen LogP contribution in [0.25, 0.3) is 0 Å². The molecule has 0 bridgehead atoms. The van der Waals surface area contributed by atoms with E-state index in [1.165, 1.54) is 12.8 Å². The summed E-state index contributed by atoms with van der Waals surface area (Å²) >= 11 is 0. The second-order valence-corrected chi connectivity index (χ2v) is 8.59. The van der Waals surface area contributed by atoms with Crippen LogP contribution in [0.1, 0.15) is 52.9 Å². The minimum atomic E-state index is 0. The lowest BCUT2D eigenvalue weighted by Crippen LogP contribution is -2.50. The molecular weight excluding hydrogens is 479 g/mol. The van der Waals surface area contributed by atoms with Crippen molar-refractivity contribution in [2.24, 2.45) is 4.99 Å². The van der Waals surface area contributed by atoms with Gasteiger partial charge in [0.05, 0.1) is 6.04 Å². The van der Waals surface area contributed by atoms with Crippen LogP contribution in [0.15, 0.2) is 4.99 Å². The lowest BCUT2D eigenvalue weighted by atomic mass is 10.0. The zero-order valence-corrected chi connectivity index (χ0v) is 21.4. The molecule has 1 amide bonds. The molecule has 29 heavy (non-hydrogen) atoms. The molecule has 2 saturated heterocycles. The van der Waals surface area contributed by atoms with Gasteiger partial charge in [-0.1, -0.05) is 0 Å². The van der Waals surface area contributed by atoms with Gasteiger partial charge in [-0.3, -0.25) is 14.7 Å². The number of rotatable bonds is 8. The van der Waals surface area contributed by atoms with Crippen LogP contribution in [0.3, 0.4) is 0 Å². The van der Waals surface area contributed by atoms with E-state index in [-0.39, 0.29) is 35.9 Å². The van der Waals surface area contributed by atoms with E-state index in [1.54, 1.807) is 4.90 Å². The monoisotopic (exact) mass is 522 g/mol. The van der Waals surface area contributed by atoms with Crippen LogP contribution in [-0.4, -0.2) is 98.1 Å². The first-order valence-corrected chi connectivity index (χ1v) is 11.2. The quantitative estimate of drug-likeness (QED) is 0.221. The van der Waals surface area contributed by atoms with Crippen LogP contribution in [0, 0.1) is 0 Å². The Morgan fingerprint density at radius 3 is 2.45 bits per heavy atom. The first-order chi connectivity index (χ1) is 13.4. The van der Waals surface area contributed by atoms with Crippen molar-refractivity contribution < 1.29 is 4.79 Å². The first kappa shape index (κ1) is 26.4. The maximum atomic E-state index is 12.3. The number of hydrogen-bond donors (Lipinski definition) is 2. The third-order valence-electron chi connectivity index (χ3n) is 5.91. The molecule has 0 saturated carbocycles. The summed E-state index contributed by atoms with van der Waals surface area (Å²) in [6.45, 7) is 12.6. The molecule has 2 fully saturated rings. The molecule has 8 heteroatoms. The molecule has 2 aliphatic heterocycles. The van der Waals surface area contributed by atoms with E-state index in [9.17, 15) is 4.79 Å². The van der Waals surface area contributed by atoms with Gasteiger partial charge in [0.25, 0.3) is 0 Å². The van der Waals surface area contributed by atoms with Crippen molar-refractivity contribution >= 4 is 35.8 Å². The lowest BCUT2D eigenvalue weighted by molar-refractivity contribution is -0.133. The van der Waals surface area contributed by atoms with Crippen molar-refractivity contribution in [3.8, 4) is 0 Å². The van der Waals surface area contributed by atoms with Crippen LogP contribution in [0.2, 0.25) is 0 Å². The second-order valence-electron chi connectivity index (χ2n) is 8.59. The number of guanidine groups is 1. The number of carbonyl (C=O) groups is 1. The predicted octanol–water partition coefficient (Wildman–Crippen LogP) is 1.98. The Balaban J connectivity index is 0.00000420. The summed E-state index contributed by atoms with van der Waals surface area (Å²) in [6.07, 6.45) is 5.43. The fourth-order valence-electron chi connectivity index (χ4n) is 4.21. The van der Waals surface area contributed by atoms with Gasteiger partial charge >= 0.3 is 0 Å². The highest BCUT2D eigenvalue weighted by molar-refractivity contribution is 14.0. The van der Waals surface area contributed by atoms with Gasteiger partial charge in [0, 0.05) is 58.9 Å². The van der Waals surface area contributed by atoms with Gasteiger partial charge in [-0.25, -0.2) is 0 Å². The summed E-state index contributed by atoms with van der Waals surface area (Å²) < 4.78 is 0. The molecule has 0 radical (unpaired) electrons. The summed E-state index contributed by atoms with van der Waals surface area (Å²) in [5.74, 6) is 1.18. The van der Waals surface area contributed by atoms with Crippen LogP contribution >= 0.6 is 24.0 Å². The Kier molecular flexibility index (Phi) is 12.4. The normalized spacial score (nSPS) is 21.9. The highest BCUT2D eigenvalue weighted by Gasteiger charge is 2.31. The number of aliphatic imine (C=N–C) groups is 1. The molecule has 0 aromatic carbocycles.